The number of carbonyl (C=O) groups is 3. The van der Waals surface area contributed by atoms with Gasteiger partial charge in [0.1, 0.15) is 11.5 Å². The summed E-state index contributed by atoms with van der Waals surface area (Å²) in [5.41, 5.74) is 1.92. The molecule has 0 radical (unpaired) electrons. The van der Waals surface area contributed by atoms with Crippen LogP contribution >= 0.6 is 0 Å². The molecule has 3 aromatic rings. The fraction of sp³-hybridized carbons (Fsp3) is 0.192. The molecule has 3 rings (SSSR count). The van der Waals surface area contributed by atoms with E-state index in [-0.39, 0.29) is 18.1 Å². The van der Waals surface area contributed by atoms with Crippen molar-refractivity contribution in [2.24, 2.45) is 0 Å². The predicted molar refractivity (Wildman–Crippen MR) is 126 cm³/mol. The SMILES string of the molecule is CCN(CC)C(=O)c1ccc(CNC(=O)C(=Cc2ccco2)NC(=O)c2ccccc2)cc1. The van der Waals surface area contributed by atoms with Gasteiger partial charge in [0.25, 0.3) is 17.7 Å². The highest BCUT2D eigenvalue weighted by molar-refractivity contribution is 6.05. The van der Waals surface area contributed by atoms with Gasteiger partial charge in [0.2, 0.25) is 0 Å². The first kappa shape index (κ1) is 23.5. The van der Waals surface area contributed by atoms with Gasteiger partial charge in [0.05, 0.1) is 6.26 Å². The number of hydrogen-bond donors (Lipinski definition) is 2. The number of benzene rings is 2. The highest BCUT2D eigenvalue weighted by Crippen LogP contribution is 2.10. The molecule has 0 saturated carbocycles. The highest BCUT2D eigenvalue weighted by Gasteiger charge is 2.16. The maximum absolute atomic E-state index is 12.9. The smallest absolute Gasteiger partial charge is 0.268 e. The summed E-state index contributed by atoms with van der Waals surface area (Å²) in [5, 5.41) is 5.46. The molecule has 7 heteroatoms. The Labute approximate surface area is 193 Å². The van der Waals surface area contributed by atoms with Crippen molar-refractivity contribution in [3.8, 4) is 0 Å². The minimum atomic E-state index is -0.459. The van der Waals surface area contributed by atoms with Gasteiger partial charge in [0.15, 0.2) is 0 Å². The van der Waals surface area contributed by atoms with E-state index in [0.717, 1.165) is 5.56 Å². The third kappa shape index (κ3) is 6.43. The van der Waals surface area contributed by atoms with Crippen LogP contribution in [0, 0.1) is 0 Å². The average molecular weight is 446 g/mol. The summed E-state index contributed by atoms with van der Waals surface area (Å²) in [5.74, 6) is -0.447. The molecule has 0 aliphatic carbocycles. The first-order valence-corrected chi connectivity index (χ1v) is 10.8. The molecule has 0 fully saturated rings. The van der Waals surface area contributed by atoms with Crippen LogP contribution in [0.15, 0.2) is 83.1 Å². The molecule has 7 nitrogen and oxygen atoms in total. The largest absolute Gasteiger partial charge is 0.465 e. The summed E-state index contributed by atoms with van der Waals surface area (Å²) in [6, 6.07) is 19.1. The standard InChI is InChI=1S/C26H27N3O4/c1-3-29(4-2)26(32)21-14-12-19(13-15-21)18-27-25(31)23(17-22-11-8-16-33-22)28-24(30)20-9-6-5-7-10-20/h5-17H,3-4,18H2,1-2H3,(H,27,31)(H,28,30). The van der Waals surface area contributed by atoms with Gasteiger partial charge in [-0.25, -0.2) is 0 Å². The number of nitrogens with one attached hydrogen (secondary N) is 2. The summed E-state index contributed by atoms with van der Waals surface area (Å²) < 4.78 is 5.29. The first-order valence-electron chi connectivity index (χ1n) is 10.8. The van der Waals surface area contributed by atoms with E-state index in [0.29, 0.717) is 30.0 Å². The third-order valence-electron chi connectivity index (χ3n) is 5.06. The highest BCUT2D eigenvalue weighted by atomic mass is 16.3. The van der Waals surface area contributed by atoms with Gasteiger partial charge >= 0.3 is 0 Å². The topological polar surface area (TPSA) is 91.7 Å². The zero-order chi connectivity index (χ0) is 23.6. The van der Waals surface area contributed by atoms with Crippen molar-refractivity contribution < 1.29 is 18.8 Å². The summed E-state index contributed by atoms with van der Waals surface area (Å²) in [6.45, 7) is 5.40. The van der Waals surface area contributed by atoms with Gasteiger partial charge in [-0.1, -0.05) is 30.3 Å². The van der Waals surface area contributed by atoms with Crippen LogP contribution in [0.25, 0.3) is 6.08 Å². The van der Waals surface area contributed by atoms with Crippen LogP contribution in [0.3, 0.4) is 0 Å². The molecule has 0 spiro atoms. The number of amides is 3. The second-order valence-corrected chi connectivity index (χ2v) is 7.25. The predicted octanol–water partition coefficient (Wildman–Crippen LogP) is 3.85. The van der Waals surface area contributed by atoms with E-state index in [1.54, 1.807) is 65.6 Å². The Morgan fingerprint density at radius 3 is 2.18 bits per heavy atom. The molecule has 0 aliphatic rings. The molecule has 0 bridgehead atoms. The molecular formula is C26H27N3O4. The third-order valence-corrected chi connectivity index (χ3v) is 5.06. The quantitative estimate of drug-likeness (QED) is 0.490. The Morgan fingerprint density at radius 2 is 1.58 bits per heavy atom. The second-order valence-electron chi connectivity index (χ2n) is 7.25. The van der Waals surface area contributed by atoms with Crippen molar-refractivity contribution in [2.75, 3.05) is 13.1 Å². The number of carbonyl (C=O) groups excluding carboxylic acids is 3. The minimum Gasteiger partial charge on any atom is -0.465 e. The van der Waals surface area contributed by atoms with Crippen molar-refractivity contribution in [3.05, 3.63) is 101 Å². The van der Waals surface area contributed by atoms with Crippen LogP contribution in [0.4, 0.5) is 0 Å². The molecular weight excluding hydrogens is 418 g/mol. The van der Waals surface area contributed by atoms with Crippen molar-refractivity contribution in [1.29, 1.82) is 0 Å². The normalized spacial score (nSPS) is 11.0. The number of hydrogen-bond acceptors (Lipinski definition) is 4. The van der Waals surface area contributed by atoms with Crippen LogP contribution in [0.5, 0.6) is 0 Å². The van der Waals surface area contributed by atoms with Crippen molar-refractivity contribution in [1.82, 2.24) is 15.5 Å². The van der Waals surface area contributed by atoms with E-state index in [4.69, 9.17) is 4.42 Å². The summed E-state index contributed by atoms with van der Waals surface area (Å²) in [7, 11) is 0. The molecule has 1 aromatic heterocycles. The minimum absolute atomic E-state index is 0.0251. The van der Waals surface area contributed by atoms with E-state index < -0.39 is 11.8 Å². The Bertz CT molecular complexity index is 1100. The molecule has 2 aromatic carbocycles. The molecule has 3 amide bonds. The fourth-order valence-electron chi connectivity index (χ4n) is 3.19. The average Bonchev–Trinajstić information content (AvgIpc) is 3.37. The maximum atomic E-state index is 12.9. The fourth-order valence-corrected chi connectivity index (χ4v) is 3.19. The second kappa shape index (κ2) is 11.5. The lowest BCUT2D eigenvalue weighted by Gasteiger charge is -2.18. The molecule has 0 unspecified atom stereocenters. The Hall–Kier alpha value is -4.13. The van der Waals surface area contributed by atoms with E-state index >= 15 is 0 Å². The maximum Gasteiger partial charge on any atom is 0.268 e. The molecule has 0 aliphatic heterocycles. The lowest BCUT2D eigenvalue weighted by atomic mass is 10.1. The van der Waals surface area contributed by atoms with Gasteiger partial charge in [-0.05, 0) is 55.8 Å². The molecule has 0 saturated heterocycles. The number of rotatable bonds is 9. The zero-order valence-corrected chi connectivity index (χ0v) is 18.7. The zero-order valence-electron chi connectivity index (χ0n) is 18.7. The first-order chi connectivity index (χ1) is 16.0. The summed E-state index contributed by atoms with van der Waals surface area (Å²) >= 11 is 0. The van der Waals surface area contributed by atoms with Crippen LogP contribution in [0.2, 0.25) is 0 Å². The number of nitrogens with zero attached hydrogens (tertiary/aromatic N) is 1. The van der Waals surface area contributed by atoms with Crippen LogP contribution in [-0.4, -0.2) is 35.7 Å². The number of furan rings is 1. The van der Waals surface area contributed by atoms with Gasteiger partial charge in [0, 0.05) is 36.8 Å². The van der Waals surface area contributed by atoms with E-state index in [1.807, 2.05) is 19.9 Å². The Kier molecular flexibility index (Phi) is 8.18. The monoisotopic (exact) mass is 445 g/mol. The summed E-state index contributed by atoms with van der Waals surface area (Å²) in [6.07, 6.45) is 2.96. The Morgan fingerprint density at radius 1 is 0.879 bits per heavy atom. The van der Waals surface area contributed by atoms with E-state index in [2.05, 4.69) is 10.6 Å². The van der Waals surface area contributed by atoms with Crippen LogP contribution in [0.1, 0.15) is 45.9 Å². The molecule has 0 atom stereocenters. The van der Waals surface area contributed by atoms with E-state index in [9.17, 15) is 14.4 Å². The van der Waals surface area contributed by atoms with E-state index in [1.165, 1.54) is 12.3 Å². The van der Waals surface area contributed by atoms with Crippen LogP contribution in [-0.2, 0) is 11.3 Å². The summed E-state index contributed by atoms with van der Waals surface area (Å²) in [4.78, 5) is 39.6. The van der Waals surface area contributed by atoms with Crippen molar-refractivity contribution in [2.45, 2.75) is 20.4 Å². The lowest BCUT2D eigenvalue weighted by Crippen LogP contribution is -2.34. The van der Waals surface area contributed by atoms with Crippen molar-refractivity contribution >= 4 is 23.8 Å². The molecule has 170 valence electrons. The Balaban J connectivity index is 1.68. The lowest BCUT2D eigenvalue weighted by molar-refractivity contribution is -0.117. The van der Waals surface area contributed by atoms with Gasteiger partial charge < -0.3 is 20.0 Å². The van der Waals surface area contributed by atoms with Gasteiger partial charge in [-0.2, -0.15) is 0 Å². The van der Waals surface area contributed by atoms with Gasteiger partial charge in [-0.3, -0.25) is 14.4 Å². The van der Waals surface area contributed by atoms with Crippen LogP contribution < -0.4 is 10.6 Å². The van der Waals surface area contributed by atoms with Crippen molar-refractivity contribution in [3.63, 3.8) is 0 Å². The molecule has 2 N–H and O–H groups in total. The molecule has 1 heterocycles. The molecule has 33 heavy (non-hydrogen) atoms. The van der Waals surface area contributed by atoms with Gasteiger partial charge in [-0.15, -0.1) is 0 Å².